The van der Waals surface area contributed by atoms with Crippen LogP contribution in [0.4, 0.5) is 0 Å². The molecule has 0 N–H and O–H groups in total. The van der Waals surface area contributed by atoms with Gasteiger partial charge in [-0.1, -0.05) is 0 Å². The molecule has 0 spiro atoms. The standard InChI is InChI=1S/CH4BO3S.Li/c1-4-2(3)5-6;/h6H,1H3;/q-1;+1. The van der Waals surface area contributed by atoms with Crippen LogP contribution in [0.1, 0.15) is 0 Å². The second-order valence-corrected chi connectivity index (χ2v) is 0.841. The van der Waals surface area contributed by atoms with Gasteiger partial charge in [0.05, 0.1) is 0 Å². The topological polar surface area (TPSA) is 41.5 Å². The van der Waals surface area contributed by atoms with E-state index in [2.05, 4.69) is 21.7 Å². The molecule has 0 heterocycles. The number of hydrogen-bond donors (Lipinski definition) is 1. The van der Waals surface area contributed by atoms with Crippen molar-refractivity contribution in [2.24, 2.45) is 0 Å². The average molecular weight is 114 g/mol. The van der Waals surface area contributed by atoms with E-state index in [9.17, 15) is 5.02 Å². The van der Waals surface area contributed by atoms with Crippen molar-refractivity contribution < 1.29 is 32.6 Å². The van der Waals surface area contributed by atoms with Crippen LogP contribution in [0.15, 0.2) is 0 Å². The van der Waals surface area contributed by atoms with Crippen LogP contribution in [-0.4, -0.2) is 14.4 Å². The molecule has 0 fully saturated rings. The summed E-state index contributed by atoms with van der Waals surface area (Å²) in [4.78, 5) is 0. The summed E-state index contributed by atoms with van der Waals surface area (Å²) in [7, 11) is -0.207. The van der Waals surface area contributed by atoms with Gasteiger partial charge in [-0.2, -0.15) is 0 Å². The smallest absolute Gasteiger partial charge is 0.831 e. The first-order valence-electron chi connectivity index (χ1n) is 1.30. The molecule has 3 nitrogen and oxygen atoms in total. The van der Waals surface area contributed by atoms with E-state index < -0.39 is 7.32 Å². The van der Waals surface area contributed by atoms with Gasteiger partial charge in [-0.25, -0.2) is 0 Å². The summed E-state index contributed by atoms with van der Waals surface area (Å²) in [6.45, 7) is 0. The zero-order valence-electron chi connectivity index (χ0n) is 4.25. The minimum absolute atomic E-state index is 0. The zero-order valence-corrected chi connectivity index (χ0v) is 5.14. The van der Waals surface area contributed by atoms with Crippen LogP contribution in [0, 0.1) is 0 Å². The molecule has 0 radical (unpaired) electrons. The Hall–Kier alpha value is 0.892. The fraction of sp³-hybridized carbons (Fsp3) is 1.00. The molecule has 0 saturated carbocycles. The van der Waals surface area contributed by atoms with E-state index in [0.717, 1.165) is 0 Å². The van der Waals surface area contributed by atoms with Gasteiger partial charge in [-0.05, 0) is 12.9 Å². The summed E-state index contributed by atoms with van der Waals surface area (Å²) in [6, 6.07) is 0. The van der Waals surface area contributed by atoms with Crippen molar-refractivity contribution in [1.82, 2.24) is 0 Å². The van der Waals surface area contributed by atoms with Crippen LogP contribution >= 0.6 is 12.9 Å². The monoisotopic (exact) mass is 114 g/mol. The number of rotatable bonds is 2. The summed E-state index contributed by atoms with van der Waals surface area (Å²) < 4.78 is 7.86. The molecule has 0 aliphatic carbocycles. The third kappa shape index (κ3) is 6.89. The minimum Gasteiger partial charge on any atom is -0.831 e. The van der Waals surface area contributed by atoms with Gasteiger partial charge in [0.25, 0.3) is 0 Å². The zero-order chi connectivity index (χ0) is 4.99. The van der Waals surface area contributed by atoms with Gasteiger partial charge < -0.3 is 13.8 Å². The number of thiol groups is 1. The van der Waals surface area contributed by atoms with E-state index in [-0.39, 0.29) is 18.9 Å². The molecule has 0 aromatic heterocycles. The molecule has 0 unspecified atom stereocenters. The van der Waals surface area contributed by atoms with Crippen molar-refractivity contribution in [3.8, 4) is 0 Å². The van der Waals surface area contributed by atoms with Crippen molar-refractivity contribution >= 4 is 20.2 Å². The number of hydrogen-bond acceptors (Lipinski definition) is 4. The van der Waals surface area contributed by atoms with E-state index >= 15 is 0 Å². The first-order chi connectivity index (χ1) is 2.81. The van der Waals surface area contributed by atoms with E-state index in [1.807, 2.05) is 0 Å². The Balaban J connectivity index is 0. The van der Waals surface area contributed by atoms with Crippen LogP contribution < -0.4 is 23.9 Å². The fourth-order valence-corrected chi connectivity index (χ4v) is 0.129. The molecular weight excluding hydrogens is 110 g/mol. The van der Waals surface area contributed by atoms with Gasteiger partial charge in [0, 0.05) is 7.11 Å². The Labute approximate surface area is 60.3 Å². The first kappa shape index (κ1) is 10.8. The maximum atomic E-state index is 9.74. The van der Waals surface area contributed by atoms with Crippen LogP contribution in [0.2, 0.25) is 0 Å². The van der Waals surface area contributed by atoms with E-state index in [1.54, 1.807) is 0 Å². The molecule has 36 valence electrons. The summed E-state index contributed by atoms with van der Waals surface area (Å²) in [6.07, 6.45) is 0. The Morgan fingerprint density at radius 3 is 2.14 bits per heavy atom. The molecule has 0 atom stereocenters. The molecule has 0 aromatic carbocycles. The van der Waals surface area contributed by atoms with E-state index in [1.165, 1.54) is 7.11 Å². The molecular formula is CH4BLiO3S. The third-order valence-corrected chi connectivity index (χ3v) is 0.451. The van der Waals surface area contributed by atoms with Gasteiger partial charge in [0.1, 0.15) is 0 Å². The maximum Gasteiger partial charge on any atom is 1.00 e. The normalized spacial score (nSPS) is 7.29. The Morgan fingerprint density at radius 2 is 2.14 bits per heavy atom. The molecule has 0 aliphatic rings. The molecule has 0 aromatic rings. The second kappa shape index (κ2) is 6.89. The summed E-state index contributed by atoms with van der Waals surface area (Å²) in [5.74, 6) is 0. The van der Waals surface area contributed by atoms with Crippen molar-refractivity contribution in [1.29, 1.82) is 0 Å². The molecule has 0 rings (SSSR count). The maximum absolute atomic E-state index is 9.74. The largest absolute Gasteiger partial charge is 1.00 e. The Bertz CT molecular complexity index is 34.1. The molecule has 6 heteroatoms. The Morgan fingerprint density at radius 1 is 1.71 bits per heavy atom. The van der Waals surface area contributed by atoms with Crippen molar-refractivity contribution in [3.63, 3.8) is 0 Å². The molecule has 0 aliphatic heterocycles. The Kier molecular flexibility index (Phi) is 10.6. The van der Waals surface area contributed by atoms with Crippen molar-refractivity contribution in [3.05, 3.63) is 0 Å². The third-order valence-electron chi connectivity index (χ3n) is 0.279. The first-order valence-corrected chi connectivity index (χ1v) is 1.66. The van der Waals surface area contributed by atoms with Crippen molar-refractivity contribution in [2.75, 3.05) is 7.11 Å². The van der Waals surface area contributed by atoms with Crippen LogP contribution in [0.25, 0.3) is 0 Å². The predicted octanol–water partition coefficient (Wildman–Crippen LogP) is -4.16. The fourth-order valence-electron chi connectivity index (χ4n) is 0.0430. The summed E-state index contributed by atoms with van der Waals surface area (Å²) in [5.41, 5.74) is 0. The molecule has 0 amide bonds. The predicted molar refractivity (Wildman–Crippen MR) is 22.8 cm³/mol. The van der Waals surface area contributed by atoms with E-state index in [0.29, 0.717) is 0 Å². The average Bonchev–Trinajstić information content (AvgIpc) is 1.65. The minimum atomic E-state index is -1.45. The summed E-state index contributed by atoms with van der Waals surface area (Å²) in [5, 5.41) is 9.74. The molecule has 0 saturated heterocycles. The summed E-state index contributed by atoms with van der Waals surface area (Å²) >= 11 is 3.16. The SMILES string of the molecule is COB([O-])OS.[Li+]. The molecule has 0 bridgehead atoms. The van der Waals surface area contributed by atoms with Crippen LogP contribution in [-0.2, 0) is 8.75 Å². The van der Waals surface area contributed by atoms with Gasteiger partial charge in [0.2, 0.25) is 0 Å². The van der Waals surface area contributed by atoms with Crippen LogP contribution in [0.3, 0.4) is 0 Å². The quantitative estimate of drug-likeness (QED) is 0.225. The second-order valence-electron chi connectivity index (χ2n) is 0.630. The van der Waals surface area contributed by atoms with Crippen molar-refractivity contribution in [2.45, 2.75) is 0 Å². The molecule has 7 heavy (non-hydrogen) atoms. The van der Waals surface area contributed by atoms with Gasteiger partial charge in [0.15, 0.2) is 0 Å². The van der Waals surface area contributed by atoms with Gasteiger partial charge in [-0.15, -0.1) is 0 Å². The van der Waals surface area contributed by atoms with Crippen LogP contribution in [0.5, 0.6) is 0 Å². The van der Waals surface area contributed by atoms with E-state index in [4.69, 9.17) is 0 Å². The van der Waals surface area contributed by atoms with Gasteiger partial charge in [-0.3, -0.25) is 0 Å². The van der Waals surface area contributed by atoms with Gasteiger partial charge >= 0.3 is 26.2 Å².